The van der Waals surface area contributed by atoms with E-state index >= 15 is 0 Å². The molecule has 14 nitrogen and oxygen atoms in total. The number of aliphatic carboxylic acids is 2. The summed E-state index contributed by atoms with van der Waals surface area (Å²) in [7, 11) is -1.60. The van der Waals surface area contributed by atoms with Gasteiger partial charge in [0, 0.05) is 38.8 Å². The molecule has 1 aliphatic rings. The summed E-state index contributed by atoms with van der Waals surface area (Å²) in [5.41, 5.74) is 1.11. The second-order valence-electron chi connectivity index (χ2n) is 8.94. The first-order valence-electron chi connectivity index (χ1n) is 12.0. The molecule has 39 heavy (non-hydrogen) atoms. The molecule has 3 rings (SSSR count). The molecule has 0 bridgehead atoms. The Morgan fingerprint density at radius 1 is 1.10 bits per heavy atom. The maximum Gasteiger partial charge on any atom is 0.411 e. The third kappa shape index (κ3) is 10.5. The number of aryl methyl sites for hydroxylation is 1. The lowest BCUT2D eigenvalue weighted by molar-refractivity contribution is -0.134. The summed E-state index contributed by atoms with van der Waals surface area (Å²) in [6.07, 6.45) is 2.97. The molecule has 214 valence electrons. The molecule has 1 aliphatic heterocycles. The normalized spacial score (nSPS) is 14.7. The van der Waals surface area contributed by atoms with E-state index in [0.717, 1.165) is 25.9 Å². The summed E-state index contributed by atoms with van der Waals surface area (Å²) in [5, 5.41) is 29.3. The van der Waals surface area contributed by atoms with Crippen LogP contribution in [0.3, 0.4) is 0 Å². The van der Waals surface area contributed by atoms with Gasteiger partial charge in [-0.2, -0.15) is 4.98 Å². The predicted molar refractivity (Wildman–Crippen MR) is 141 cm³/mol. The first-order chi connectivity index (χ1) is 18.3. The van der Waals surface area contributed by atoms with Crippen LogP contribution in [-0.2, 0) is 19.6 Å². The Hall–Kier alpha value is -3.82. The van der Waals surface area contributed by atoms with Crippen molar-refractivity contribution in [3.63, 3.8) is 0 Å². The predicted octanol–water partition coefficient (Wildman–Crippen LogP) is 1.84. The molecular weight excluding hydrogens is 534 g/mol. The van der Waals surface area contributed by atoms with Gasteiger partial charge < -0.3 is 24.7 Å². The standard InChI is InChI=1S/C20H29N5O5S.C4H4O4/c1-15-21-19(30-22-15)17-6-4-5-7-18(17)25(20(26)27)14-16-8-10-24(11-9-16)13-12-23(2)31(3,28)29;5-3(6)1-2-4(7)8/h4-7,16H,8-14H2,1-3H3,(H,26,27);1-2H,(H,5,6)(H,7,8)/b;2-1-. The van der Waals surface area contributed by atoms with Crippen molar-refractivity contribution in [2.75, 3.05) is 50.9 Å². The number of piperidine rings is 1. The third-order valence-corrected chi connectivity index (χ3v) is 7.31. The van der Waals surface area contributed by atoms with Crippen molar-refractivity contribution in [3.8, 4) is 11.5 Å². The minimum atomic E-state index is -3.18. The summed E-state index contributed by atoms with van der Waals surface area (Å²) < 4.78 is 29.7. The molecule has 1 aromatic carbocycles. The average molecular weight is 568 g/mol. The van der Waals surface area contributed by atoms with Gasteiger partial charge in [-0.05, 0) is 50.9 Å². The molecule has 0 spiro atoms. The van der Waals surface area contributed by atoms with Crippen molar-refractivity contribution in [2.24, 2.45) is 5.92 Å². The number of nitrogens with zero attached hydrogens (tertiary/aromatic N) is 5. The molecule has 2 heterocycles. The van der Waals surface area contributed by atoms with Gasteiger partial charge in [0.05, 0.1) is 17.5 Å². The van der Waals surface area contributed by atoms with Crippen LogP contribution in [0.2, 0.25) is 0 Å². The van der Waals surface area contributed by atoms with E-state index in [-0.39, 0.29) is 5.92 Å². The number of para-hydroxylation sites is 1. The van der Waals surface area contributed by atoms with Crippen LogP contribution in [0.1, 0.15) is 18.7 Å². The Morgan fingerprint density at radius 2 is 1.69 bits per heavy atom. The van der Waals surface area contributed by atoms with Crippen molar-refractivity contribution < 1.29 is 42.6 Å². The van der Waals surface area contributed by atoms with Crippen LogP contribution in [0.15, 0.2) is 40.9 Å². The average Bonchev–Trinajstić information content (AvgIpc) is 3.31. The number of amides is 1. The third-order valence-electron chi connectivity index (χ3n) is 6.00. The number of carboxylic acid groups (broad SMARTS) is 3. The number of carboxylic acids is 2. The van der Waals surface area contributed by atoms with E-state index in [9.17, 15) is 27.9 Å². The van der Waals surface area contributed by atoms with Crippen LogP contribution in [0.5, 0.6) is 0 Å². The zero-order valence-electron chi connectivity index (χ0n) is 21.9. The molecular formula is C24H33N5O9S. The van der Waals surface area contributed by atoms with E-state index in [4.69, 9.17) is 14.7 Å². The van der Waals surface area contributed by atoms with Crippen molar-refractivity contribution >= 4 is 33.7 Å². The van der Waals surface area contributed by atoms with Crippen LogP contribution < -0.4 is 4.90 Å². The van der Waals surface area contributed by atoms with E-state index in [2.05, 4.69) is 15.0 Å². The van der Waals surface area contributed by atoms with Crippen LogP contribution in [0.4, 0.5) is 10.5 Å². The van der Waals surface area contributed by atoms with Crippen LogP contribution in [-0.4, -0.2) is 107 Å². The van der Waals surface area contributed by atoms with E-state index in [1.807, 2.05) is 6.07 Å². The Balaban J connectivity index is 0.000000580. The molecule has 2 aromatic rings. The highest BCUT2D eigenvalue weighted by molar-refractivity contribution is 7.88. The molecule has 1 aromatic heterocycles. The number of aromatic nitrogens is 2. The number of carbonyl (C=O) groups is 3. The molecule has 0 atom stereocenters. The van der Waals surface area contributed by atoms with Crippen LogP contribution in [0, 0.1) is 12.8 Å². The fourth-order valence-electron chi connectivity index (χ4n) is 3.82. The highest BCUT2D eigenvalue weighted by Gasteiger charge is 2.27. The molecule has 1 saturated heterocycles. The van der Waals surface area contributed by atoms with Crippen molar-refractivity contribution in [1.29, 1.82) is 0 Å². The Labute approximate surface area is 226 Å². The Kier molecular flexibility index (Phi) is 11.6. The fraction of sp³-hybridized carbons (Fsp3) is 0.458. The summed E-state index contributed by atoms with van der Waals surface area (Å²) in [6.45, 7) is 4.81. The summed E-state index contributed by atoms with van der Waals surface area (Å²) in [6, 6.07) is 7.13. The van der Waals surface area contributed by atoms with E-state index < -0.39 is 28.1 Å². The summed E-state index contributed by atoms with van der Waals surface area (Å²) in [4.78, 5) is 39.0. The van der Waals surface area contributed by atoms with E-state index in [1.54, 1.807) is 32.2 Å². The molecule has 3 N–H and O–H groups in total. The highest BCUT2D eigenvalue weighted by Crippen LogP contribution is 2.31. The van der Waals surface area contributed by atoms with Gasteiger partial charge in [-0.3, -0.25) is 4.90 Å². The van der Waals surface area contributed by atoms with Crippen molar-refractivity contribution in [1.82, 2.24) is 19.3 Å². The zero-order valence-corrected chi connectivity index (χ0v) is 22.7. The largest absolute Gasteiger partial charge is 0.478 e. The quantitative estimate of drug-likeness (QED) is 0.353. The zero-order chi connectivity index (χ0) is 29.2. The molecule has 0 aliphatic carbocycles. The number of sulfonamides is 1. The van der Waals surface area contributed by atoms with Gasteiger partial charge in [0.2, 0.25) is 10.0 Å². The molecule has 15 heteroatoms. The van der Waals surface area contributed by atoms with E-state index in [1.165, 1.54) is 15.5 Å². The number of likely N-dealkylation sites (tertiary alicyclic amines) is 1. The van der Waals surface area contributed by atoms with Gasteiger partial charge in [0.1, 0.15) is 0 Å². The molecule has 0 radical (unpaired) electrons. The lowest BCUT2D eigenvalue weighted by Crippen LogP contribution is -2.43. The molecule has 1 fully saturated rings. The second-order valence-corrected chi connectivity index (χ2v) is 11.0. The van der Waals surface area contributed by atoms with Gasteiger partial charge in [-0.25, -0.2) is 27.1 Å². The Bertz CT molecular complexity index is 1250. The maximum atomic E-state index is 12.1. The second kappa shape index (κ2) is 14.4. The lowest BCUT2D eigenvalue weighted by atomic mass is 9.95. The fourth-order valence-corrected chi connectivity index (χ4v) is 4.23. The minimum Gasteiger partial charge on any atom is -0.478 e. The smallest absolute Gasteiger partial charge is 0.411 e. The van der Waals surface area contributed by atoms with Crippen molar-refractivity contribution in [2.45, 2.75) is 19.8 Å². The maximum absolute atomic E-state index is 12.1. The van der Waals surface area contributed by atoms with Gasteiger partial charge in [0.25, 0.3) is 5.89 Å². The van der Waals surface area contributed by atoms with Gasteiger partial charge >= 0.3 is 18.0 Å². The highest BCUT2D eigenvalue weighted by atomic mass is 32.2. The SMILES string of the molecule is Cc1noc(-c2ccccc2N(CC2CCN(CCN(C)S(C)(=O)=O)CC2)C(=O)O)n1.O=C(O)/C=C\C(=O)O. The number of anilines is 1. The first kappa shape index (κ1) is 31.4. The van der Waals surface area contributed by atoms with Gasteiger partial charge in [-0.15, -0.1) is 0 Å². The summed E-state index contributed by atoms with van der Waals surface area (Å²) in [5.74, 6) is -1.53. The van der Waals surface area contributed by atoms with Gasteiger partial charge in [0.15, 0.2) is 5.82 Å². The number of rotatable bonds is 10. The molecule has 0 unspecified atom stereocenters. The number of hydrogen-bond donors (Lipinski definition) is 3. The molecule has 0 saturated carbocycles. The Morgan fingerprint density at radius 3 is 2.18 bits per heavy atom. The molecule has 1 amide bonds. The number of benzene rings is 1. The first-order valence-corrected chi connectivity index (χ1v) is 13.8. The van der Waals surface area contributed by atoms with Crippen LogP contribution in [0.25, 0.3) is 11.5 Å². The van der Waals surface area contributed by atoms with Crippen LogP contribution >= 0.6 is 0 Å². The van der Waals surface area contributed by atoms with Gasteiger partial charge in [-0.1, -0.05) is 17.3 Å². The lowest BCUT2D eigenvalue weighted by Gasteiger charge is -2.35. The summed E-state index contributed by atoms with van der Waals surface area (Å²) >= 11 is 0. The number of likely N-dealkylation sites (N-methyl/N-ethyl adjacent to an activating group) is 1. The number of hydrogen-bond acceptors (Lipinski definition) is 9. The van der Waals surface area contributed by atoms with E-state index in [0.29, 0.717) is 54.8 Å². The minimum absolute atomic E-state index is 0.206. The van der Waals surface area contributed by atoms with Crippen molar-refractivity contribution in [3.05, 3.63) is 42.2 Å². The monoisotopic (exact) mass is 567 g/mol. The topological polar surface area (TPSA) is 195 Å².